The van der Waals surface area contributed by atoms with Gasteiger partial charge in [0.15, 0.2) is 23.1 Å². The van der Waals surface area contributed by atoms with Crippen LogP contribution in [0.2, 0.25) is 0 Å². The van der Waals surface area contributed by atoms with Crippen molar-refractivity contribution < 1.29 is 27.8 Å². The summed E-state index contributed by atoms with van der Waals surface area (Å²) >= 11 is 0. The van der Waals surface area contributed by atoms with E-state index in [1.54, 1.807) is 41.2 Å². The van der Waals surface area contributed by atoms with Crippen LogP contribution in [-0.2, 0) is 11.2 Å². The summed E-state index contributed by atoms with van der Waals surface area (Å²) < 4.78 is 48.1. The highest BCUT2D eigenvalue weighted by Gasteiger charge is 2.21. The van der Waals surface area contributed by atoms with Crippen LogP contribution in [0.1, 0.15) is 22.8 Å². The van der Waals surface area contributed by atoms with E-state index in [4.69, 9.17) is 14.2 Å². The molecule has 0 aliphatic rings. The molecule has 0 bridgehead atoms. The van der Waals surface area contributed by atoms with Crippen LogP contribution in [0.25, 0.3) is 11.2 Å². The Kier molecular flexibility index (Phi) is 7.97. The molecule has 0 spiro atoms. The molecule has 3 heterocycles. The van der Waals surface area contributed by atoms with Gasteiger partial charge in [0.1, 0.15) is 29.3 Å². The van der Waals surface area contributed by atoms with Crippen molar-refractivity contribution in [3.05, 3.63) is 118 Å². The number of ether oxygens (including phenoxy) is 3. The minimum absolute atomic E-state index is 0.0242. The highest BCUT2D eigenvalue weighted by atomic mass is 19.1. The van der Waals surface area contributed by atoms with Gasteiger partial charge in [-0.2, -0.15) is 5.10 Å². The number of halogens is 2. The number of carbonyl (C=O) groups excluding carboxylic acids is 1. The molecule has 2 aromatic carbocycles. The summed E-state index contributed by atoms with van der Waals surface area (Å²) in [7, 11) is 0. The number of rotatable bonds is 11. The number of Topliss-reactive ketones (excluding diaryl/α,β-unsaturated/α-hetero) is 1. The lowest BCUT2D eigenvalue weighted by molar-refractivity contribution is 0.0970. The molecule has 0 amide bonds. The Bertz CT molecular complexity index is 1710. The Morgan fingerprint density at radius 3 is 2.52 bits per heavy atom. The third-order valence-corrected chi connectivity index (χ3v) is 6.11. The summed E-state index contributed by atoms with van der Waals surface area (Å²) in [5.74, 6) is -1.21. The van der Waals surface area contributed by atoms with Gasteiger partial charge in [-0.05, 0) is 73.2 Å². The second-order valence-corrected chi connectivity index (χ2v) is 8.75. The van der Waals surface area contributed by atoms with E-state index < -0.39 is 23.0 Å². The van der Waals surface area contributed by atoms with Gasteiger partial charge in [-0.1, -0.05) is 6.07 Å². The maximum Gasteiger partial charge on any atom is 0.269 e. The van der Waals surface area contributed by atoms with Gasteiger partial charge >= 0.3 is 0 Å². The molecule has 0 saturated heterocycles. The average molecular weight is 546 g/mol. The number of nitrogens with zero attached hydrogens (tertiary/aromatic N) is 3. The van der Waals surface area contributed by atoms with Crippen molar-refractivity contribution in [3.63, 3.8) is 0 Å². The second-order valence-electron chi connectivity index (χ2n) is 8.75. The number of pyridine rings is 2. The van der Waals surface area contributed by atoms with Gasteiger partial charge in [0, 0.05) is 31.1 Å². The summed E-state index contributed by atoms with van der Waals surface area (Å²) in [6.45, 7) is 2.72. The van der Waals surface area contributed by atoms with Crippen LogP contribution in [0, 0.1) is 11.6 Å². The van der Waals surface area contributed by atoms with Crippen molar-refractivity contribution in [2.45, 2.75) is 13.3 Å². The topological polar surface area (TPSA) is 84.1 Å². The molecule has 0 atom stereocenters. The van der Waals surface area contributed by atoms with Gasteiger partial charge in [0.25, 0.3) is 5.56 Å². The monoisotopic (exact) mass is 545 g/mol. The van der Waals surface area contributed by atoms with Gasteiger partial charge in [-0.25, -0.2) is 13.3 Å². The Morgan fingerprint density at radius 2 is 1.75 bits per heavy atom. The van der Waals surface area contributed by atoms with Crippen LogP contribution in [-0.4, -0.2) is 39.8 Å². The maximum atomic E-state index is 15.0. The summed E-state index contributed by atoms with van der Waals surface area (Å²) in [4.78, 5) is 26.9. The predicted octanol–water partition coefficient (Wildman–Crippen LogP) is 5.40. The first kappa shape index (κ1) is 26.8. The lowest BCUT2D eigenvalue weighted by Crippen LogP contribution is -2.27. The number of hydrogen-bond donors (Lipinski definition) is 0. The molecule has 0 aliphatic carbocycles. The third kappa shape index (κ3) is 5.76. The smallest absolute Gasteiger partial charge is 0.269 e. The molecule has 0 radical (unpaired) electrons. The molecule has 0 N–H and O–H groups in total. The SMILES string of the molecule is CCOCCOc1ccn(-c2ccc(F)cc2)c(=O)c1C(=O)Cc1ccc(Oc2cccn3nccc23)c(F)c1. The zero-order valence-electron chi connectivity index (χ0n) is 21.6. The van der Waals surface area contributed by atoms with E-state index >= 15 is 4.39 Å². The quantitative estimate of drug-likeness (QED) is 0.163. The fourth-order valence-electron chi connectivity index (χ4n) is 4.20. The van der Waals surface area contributed by atoms with Crippen molar-refractivity contribution in [2.24, 2.45) is 0 Å². The molecule has 0 fully saturated rings. The molecule has 10 heteroatoms. The molecular weight excluding hydrogens is 520 g/mol. The van der Waals surface area contributed by atoms with Crippen molar-refractivity contribution in [3.8, 4) is 22.9 Å². The van der Waals surface area contributed by atoms with E-state index in [-0.39, 0.29) is 36.7 Å². The van der Waals surface area contributed by atoms with Crippen LogP contribution >= 0.6 is 0 Å². The first-order valence-corrected chi connectivity index (χ1v) is 12.6. The molecule has 0 aliphatic heterocycles. The average Bonchev–Trinajstić information content (AvgIpc) is 3.43. The van der Waals surface area contributed by atoms with Gasteiger partial charge in [-0.15, -0.1) is 0 Å². The normalized spacial score (nSPS) is 11.1. The van der Waals surface area contributed by atoms with Crippen molar-refractivity contribution in [2.75, 3.05) is 19.8 Å². The van der Waals surface area contributed by atoms with Crippen molar-refractivity contribution >= 4 is 11.3 Å². The summed E-state index contributed by atoms with van der Waals surface area (Å²) in [5.41, 5.74) is 0.548. The van der Waals surface area contributed by atoms with Crippen LogP contribution in [0.3, 0.4) is 0 Å². The zero-order chi connectivity index (χ0) is 28.1. The molecule has 40 heavy (non-hydrogen) atoms. The van der Waals surface area contributed by atoms with Crippen LogP contribution in [0.5, 0.6) is 17.2 Å². The lowest BCUT2D eigenvalue weighted by Gasteiger charge is -2.14. The Morgan fingerprint density at radius 1 is 0.925 bits per heavy atom. The number of carbonyl (C=O) groups is 1. The third-order valence-electron chi connectivity index (χ3n) is 6.11. The molecule has 0 unspecified atom stereocenters. The standard InChI is InChI=1S/C30H25F2N3O5/c1-2-38-16-17-39-28-12-15-34(22-8-6-21(31)7-9-22)30(37)29(28)25(36)19-20-5-10-26(23(32)18-20)40-27-4-3-14-35-24(27)11-13-33-35/h3-15,18H,2,16-17,19H2,1H3. The van der Waals surface area contributed by atoms with Gasteiger partial charge in [0.2, 0.25) is 0 Å². The lowest BCUT2D eigenvalue weighted by atomic mass is 10.0. The van der Waals surface area contributed by atoms with Crippen molar-refractivity contribution in [1.82, 2.24) is 14.2 Å². The fraction of sp³-hybridized carbons (Fsp3) is 0.167. The number of ketones is 1. The predicted molar refractivity (Wildman–Crippen MR) is 144 cm³/mol. The van der Waals surface area contributed by atoms with E-state index in [0.29, 0.717) is 29.1 Å². The minimum atomic E-state index is -0.670. The second kappa shape index (κ2) is 11.9. The van der Waals surface area contributed by atoms with E-state index in [9.17, 15) is 14.0 Å². The fourth-order valence-corrected chi connectivity index (χ4v) is 4.20. The molecule has 204 valence electrons. The first-order valence-electron chi connectivity index (χ1n) is 12.6. The summed E-state index contributed by atoms with van der Waals surface area (Å²) in [6, 6.07) is 16.1. The van der Waals surface area contributed by atoms with E-state index in [0.717, 1.165) is 0 Å². The Hall–Kier alpha value is -4.83. The molecule has 3 aromatic heterocycles. The Balaban J connectivity index is 1.41. The Labute approximate surface area is 228 Å². The summed E-state index contributed by atoms with van der Waals surface area (Å²) in [5, 5.41) is 4.13. The van der Waals surface area contributed by atoms with Crippen LogP contribution in [0.4, 0.5) is 8.78 Å². The zero-order valence-corrected chi connectivity index (χ0v) is 21.6. The van der Waals surface area contributed by atoms with Gasteiger partial charge < -0.3 is 14.2 Å². The molecule has 5 rings (SSSR count). The largest absolute Gasteiger partial charge is 0.490 e. The molecule has 8 nitrogen and oxygen atoms in total. The molecule has 5 aromatic rings. The number of benzene rings is 2. The van der Waals surface area contributed by atoms with E-state index in [1.165, 1.54) is 53.2 Å². The van der Waals surface area contributed by atoms with E-state index in [1.807, 2.05) is 6.92 Å². The highest BCUT2D eigenvalue weighted by Crippen LogP contribution is 2.29. The molecule has 0 saturated carbocycles. The van der Waals surface area contributed by atoms with E-state index in [2.05, 4.69) is 5.10 Å². The number of fused-ring (bicyclic) bond motifs is 1. The van der Waals surface area contributed by atoms with Gasteiger partial charge in [0.05, 0.1) is 12.8 Å². The van der Waals surface area contributed by atoms with Crippen LogP contribution < -0.4 is 15.0 Å². The maximum absolute atomic E-state index is 15.0. The highest BCUT2D eigenvalue weighted by molar-refractivity contribution is 5.99. The first-order chi connectivity index (χ1) is 19.4. The summed E-state index contributed by atoms with van der Waals surface area (Å²) in [6.07, 6.45) is 4.54. The van der Waals surface area contributed by atoms with Crippen molar-refractivity contribution in [1.29, 1.82) is 0 Å². The molecular formula is C30H25F2N3O5. The number of hydrogen-bond acceptors (Lipinski definition) is 6. The van der Waals surface area contributed by atoms with Crippen LogP contribution in [0.15, 0.2) is 90.1 Å². The number of aromatic nitrogens is 3. The van der Waals surface area contributed by atoms with Gasteiger partial charge in [-0.3, -0.25) is 14.2 Å². The minimum Gasteiger partial charge on any atom is -0.490 e.